The fourth-order valence-electron chi connectivity index (χ4n) is 0.417. The molecule has 0 aliphatic rings. The Hall–Kier alpha value is -0.950. The van der Waals surface area contributed by atoms with Crippen LogP contribution in [0, 0.1) is 0 Å². The molecule has 0 fully saturated rings. The molecule has 0 rings (SSSR count). The number of esters is 1. The summed E-state index contributed by atoms with van der Waals surface area (Å²) in [6.07, 6.45) is -0.186. The average molecular weight is 196 g/mol. The van der Waals surface area contributed by atoms with Crippen molar-refractivity contribution in [1.29, 1.82) is 0 Å². The third-order valence-corrected chi connectivity index (χ3v) is 2.69. The van der Waals surface area contributed by atoms with Gasteiger partial charge in [-0.15, -0.1) is 0 Å². The lowest BCUT2D eigenvalue weighted by atomic mass is 10.2. The van der Waals surface area contributed by atoms with Crippen LogP contribution in [0.2, 0.25) is 0 Å². The van der Waals surface area contributed by atoms with Crippen molar-refractivity contribution < 1.29 is 27.3 Å². The Morgan fingerprint density at radius 1 is 1.58 bits per heavy atom. The van der Waals surface area contributed by atoms with E-state index in [2.05, 4.69) is 4.74 Å². The van der Waals surface area contributed by atoms with Gasteiger partial charge in [-0.3, -0.25) is 4.55 Å². The summed E-state index contributed by atoms with van der Waals surface area (Å²) in [5, 5.41) is 0. The second-order valence-electron chi connectivity index (χ2n) is 2.19. The third-order valence-electron chi connectivity index (χ3n) is 1.35. The predicted molar refractivity (Wildman–Crippen MR) is 38.0 cm³/mol. The fourth-order valence-corrected chi connectivity index (χ4v) is 0.832. The van der Waals surface area contributed by atoms with Gasteiger partial charge in [-0.2, -0.15) is 8.42 Å². The van der Waals surface area contributed by atoms with Gasteiger partial charge in [0.1, 0.15) is 0 Å². The molecule has 6 nitrogen and oxygen atoms in total. The minimum Gasteiger partial charge on any atom is -0.467 e. The molecule has 7 heteroatoms. The topological polar surface area (TPSA) is 97.7 Å². The summed E-state index contributed by atoms with van der Waals surface area (Å²) >= 11 is 0. The summed E-state index contributed by atoms with van der Waals surface area (Å²) in [6, 6.07) is 0. The van der Waals surface area contributed by atoms with Crippen molar-refractivity contribution in [3.8, 4) is 0 Å². The van der Waals surface area contributed by atoms with Crippen LogP contribution in [0.3, 0.4) is 0 Å². The molecule has 0 radical (unpaired) electrons. The van der Waals surface area contributed by atoms with Crippen molar-refractivity contribution in [2.45, 2.75) is 11.7 Å². The summed E-state index contributed by atoms with van der Waals surface area (Å²) in [4.78, 5) is 21.0. The van der Waals surface area contributed by atoms with Crippen molar-refractivity contribution in [2.24, 2.45) is 0 Å². The van der Waals surface area contributed by atoms with E-state index in [1.54, 1.807) is 0 Å². The fraction of sp³-hybridized carbons (Fsp3) is 0.600. The molecule has 0 spiro atoms. The van der Waals surface area contributed by atoms with Crippen LogP contribution >= 0.6 is 0 Å². The van der Waals surface area contributed by atoms with E-state index in [9.17, 15) is 18.0 Å². The first-order chi connectivity index (χ1) is 5.29. The Morgan fingerprint density at radius 3 is 2.08 bits per heavy atom. The summed E-state index contributed by atoms with van der Waals surface area (Å²) in [5.41, 5.74) is 0. The van der Waals surface area contributed by atoms with Gasteiger partial charge in [0.25, 0.3) is 10.1 Å². The van der Waals surface area contributed by atoms with Gasteiger partial charge in [0.05, 0.1) is 7.11 Å². The van der Waals surface area contributed by atoms with Crippen molar-refractivity contribution >= 4 is 22.4 Å². The van der Waals surface area contributed by atoms with Crippen molar-refractivity contribution in [3.63, 3.8) is 0 Å². The van der Waals surface area contributed by atoms with Crippen LogP contribution in [-0.4, -0.2) is 37.1 Å². The van der Waals surface area contributed by atoms with E-state index in [1.807, 2.05) is 0 Å². The lowest BCUT2D eigenvalue weighted by molar-refractivity contribution is -0.144. The number of methoxy groups -OCH3 is 1. The smallest absolute Gasteiger partial charge is 0.336 e. The van der Waals surface area contributed by atoms with Gasteiger partial charge in [0, 0.05) is 0 Å². The number of carbonyl (C=O) groups excluding carboxylic acids is 2. The maximum Gasteiger partial charge on any atom is 0.336 e. The van der Waals surface area contributed by atoms with Crippen LogP contribution in [0.4, 0.5) is 0 Å². The molecule has 0 aliphatic heterocycles. The molecule has 1 atom stereocenters. The van der Waals surface area contributed by atoms with Crippen LogP contribution in [0.1, 0.15) is 6.92 Å². The van der Waals surface area contributed by atoms with Crippen LogP contribution in [0.25, 0.3) is 0 Å². The zero-order valence-electron chi connectivity index (χ0n) is 6.47. The largest absolute Gasteiger partial charge is 0.467 e. The number of rotatable bonds is 3. The van der Waals surface area contributed by atoms with Crippen molar-refractivity contribution in [1.82, 2.24) is 0 Å². The van der Waals surface area contributed by atoms with Crippen molar-refractivity contribution in [3.05, 3.63) is 0 Å². The van der Waals surface area contributed by atoms with E-state index in [-0.39, 0.29) is 6.29 Å². The van der Waals surface area contributed by atoms with Gasteiger partial charge in [-0.1, -0.05) is 0 Å². The number of hydrogen-bond donors (Lipinski definition) is 1. The van der Waals surface area contributed by atoms with Gasteiger partial charge in [-0.25, -0.2) is 4.79 Å². The molecule has 0 amide bonds. The third kappa shape index (κ3) is 1.62. The zero-order valence-corrected chi connectivity index (χ0v) is 7.29. The normalized spacial score (nSPS) is 16.2. The van der Waals surface area contributed by atoms with Gasteiger partial charge in [-0.05, 0) is 6.92 Å². The first-order valence-corrected chi connectivity index (χ1v) is 4.25. The Balaban J connectivity index is 5.23. The van der Waals surface area contributed by atoms with E-state index in [0.29, 0.717) is 0 Å². The Kier molecular flexibility index (Phi) is 2.94. The molecule has 1 N–H and O–H groups in total. The second-order valence-corrected chi connectivity index (χ2v) is 3.99. The molecule has 0 aromatic rings. The first-order valence-electron chi connectivity index (χ1n) is 2.81. The van der Waals surface area contributed by atoms with E-state index in [1.165, 1.54) is 0 Å². The predicted octanol–water partition coefficient (Wildman–Crippen LogP) is -0.995. The molecule has 0 saturated carbocycles. The maximum absolute atomic E-state index is 10.7. The minimum atomic E-state index is -4.77. The molecule has 0 saturated heterocycles. The Morgan fingerprint density at radius 2 is 2.00 bits per heavy atom. The van der Waals surface area contributed by atoms with Crippen LogP contribution in [0.5, 0.6) is 0 Å². The molecule has 0 heterocycles. The number of carbonyl (C=O) groups is 2. The highest BCUT2D eigenvalue weighted by molar-refractivity contribution is 7.88. The molecule has 0 aromatic heterocycles. The van der Waals surface area contributed by atoms with Gasteiger partial charge in [0.2, 0.25) is 4.75 Å². The average Bonchev–Trinajstić information content (AvgIpc) is 1.99. The van der Waals surface area contributed by atoms with Crippen LogP contribution in [-0.2, 0) is 24.4 Å². The Bertz CT molecular complexity index is 291. The highest BCUT2D eigenvalue weighted by Crippen LogP contribution is 2.14. The highest BCUT2D eigenvalue weighted by atomic mass is 32.2. The molecule has 12 heavy (non-hydrogen) atoms. The monoisotopic (exact) mass is 196 g/mol. The van der Waals surface area contributed by atoms with E-state index >= 15 is 0 Å². The standard InChI is InChI=1S/C5H8O6S/c1-5(3-6,4(7)11-2)12(8,9)10/h3H,1-2H3,(H,8,9,10). The molecule has 1 unspecified atom stereocenters. The van der Waals surface area contributed by atoms with E-state index in [0.717, 1.165) is 14.0 Å². The Labute approximate surface area is 69.3 Å². The summed E-state index contributed by atoms with van der Waals surface area (Å²) < 4.78 is 31.0. The summed E-state index contributed by atoms with van der Waals surface area (Å²) in [7, 11) is -3.86. The number of hydrogen-bond acceptors (Lipinski definition) is 5. The van der Waals surface area contributed by atoms with Gasteiger partial charge >= 0.3 is 5.97 Å². The maximum atomic E-state index is 10.7. The number of ether oxygens (including phenoxy) is 1. The van der Waals surface area contributed by atoms with E-state index < -0.39 is 20.8 Å². The molecular weight excluding hydrogens is 188 g/mol. The molecule has 0 aromatic carbocycles. The molecule has 70 valence electrons. The van der Waals surface area contributed by atoms with Gasteiger partial charge in [0.15, 0.2) is 6.29 Å². The van der Waals surface area contributed by atoms with E-state index in [4.69, 9.17) is 4.55 Å². The van der Waals surface area contributed by atoms with Crippen LogP contribution in [0.15, 0.2) is 0 Å². The first kappa shape index (κ1) is 11.1. The quantitative estimate of drug-likeness (QED) is 0.269. The summed E-state index contributed by atoms with van der Waals surface area (Å²) in [6.45, 7) is 0.751. The zero-order chi connectivity index (χ0) is 9.99. The highest BCUT2D eigenvalue weighted by Gasteiger charge is 2.47. The second kappa shape index (κ2) is 3.20. The number of aldehydes is 1. The summed E-state index contributed by atoms with van der Waals surface area (Å²) in [5.74, 6) is -1.32. The lowest BCUT2D eigenvalue weighted by Gasteiger charge is -2.15. The minimum absolute atomic E-state index is 0.186. The van der Waals surface area contributed by atoms with Gasteiger partial charge < -0.3 is 9.53 Å². The van der Waals surface area contributed by atoms with Crippen LogP contribution < -0.4 is 0 Å². The molecule has 0 aliphatic carbocycles. The van der Waals surface area contributed by atoms with Crippen molar-refractivity contribution in [2.75, 3.05) is 7.11 Å². The molecular formula is C5H8O6S. The SMILES string of the molecule is COC(=O)C(C)(C=O)S(=O)(=O)O. The molecule has 0 bridgehead atoms. The lowest BCUT2D eigenvalue weighted by Crippen LogP contribution is -2.45.